The third kappa shape index (κ3) is 2.29. The molecule has 0 spiro atoms. The van der Waals surface area contributed by atoms with Crippen molar-refractivity contribution in [3.8, 4) is 0 Å². The van der Waals surface area contributed by atoms with E-state index in [1.165, 1.54) is 4.31 Å². The van der Waals surface area contributed by atoms with E-state index >= 15 is 0 Å². The van der Waals surface area contributed by atoms with Gasteiger partial charge in [-0.05, 0) is 26.7 Å². The Morgan fingerprint density at radius 2 is 1.88 bits per heavy atom. The molecule has 1 saturated heterocycles. The molecular weight excluding hydrogens is 260 g/mol. The molecule has 1 aromatic heterocycles. The Bertz CT molecular complexity index is 489. The van der Waals surface area contributed by atoms with Crippen LogP contribution in [0.2, 0.25) is 0 Å². The van der Waals surface area contributed by atoms with Gasteiger partial charge in [0.25, 0.3) is 10.0 Å². The fourth-order valence-corrected chi connectivity index (χ4v) is 5.05. The summed E-state index contributed by atoms with van der Waals surface area (Å²) in [7, 11) is -3.54. The van der Waals surface area contributed by atoms with Gasteiger partial charge in [0.15, 0.2) is 0 Å². The first kappa shape index (κ1) is 12.7. The van der Waals surface area contributed by atoms with Gasteiger partial charge >= 0.3 is 0 Å². The maximum absolute atomic E-state index is 12.4. The highest BCUT2D eigenvalue weighted by molar-refractivity contribution is 7.91. The molecule has 0 radical (unpaired) electrons. The van der Waals surface area contributed by atoms with Crippen LogP contribution in [-0.2, 0) is 10.0 Å². The van der Waals surface area contributed by atoms with Crippen molar-refractivity contribution in [3.05, 3.63) is 0 Å². The number of aromatic nitrogens is 2. The van der Waals surface area contributed by atoms with Crippen LogP contribution in [0, 0.1) is 0 Å². The minimum Gasteiger partial charge on any atom is -0.374 e. The lowest BCUT2D eigenvalue weighted by atomic mass is 10.0. The average Bonchev–Trinajstić information content (AvgIpc) is 2.64. The minimum atomic E-state index is -3.54. The Morgan fingerprint density at radius 3 is 2.35 bits per heavy atom. The van der Waals surface area contributed by atoms with Gasteiger partial charge < -0.3 is 5.73 Å². The maximum atomic E-state index is 12.4. The molecule has 0 bridgehead atoms. The summed E-state index contributed by atoms with van der Waals surface area (Å²) < 4.78 is 26.3. The largest absolute Gasteiger partial charge is 0.374 e. The van der Waals surface area contributed by atoms with Gasteiger partial charge in [0.1, 0.15) is 0 Å². The lowest BCUT2D eigenvalue weighted by Gasteiger charge is -2.36. The van der Waals surface area contributed by atoms with Gasteiger partial charge in [-0.15, -0.1) is 10.2 Å². The van der Waals surface area contributed by atoms with Crippen LogP contribution < -0.4 is 5.73 Å². The van der Waals surface area contributed by atoms with Crippen molar-refractivity contribution in [1.29, 1.82) is 0 Å². The summed E-state index contributed by atoms with van der Waals surface area (Å²) in [6.45, 7) is 3.86. The van der Waals surface area contributed by atoms with Gasteiger partial charge in [0.05, 0.1) is 0 Å². The number of anilines is 1. The molecule has 0 saturated carbocycles. The Hall–Kier alpha value is -0.730. The Balaban J connectivity index is 2.37. The Kier molecular flexibility index (Phi) is 3.37. The highest BCUT2D eigenvalue weighted by Crippen LogP contribution is 2.30. The molecular formula is C9H16N4O2S2. The Morgan fingerprint density at radius 1 is 1.29 bits per heavy atom. The zero-order valence-electron chi connectivity index (χ0n) is 9.83. The number of nitrogen functional groups attached to an aromatic ring is 1. The van der Waals surface area contributed by atoms with Crippen LogP contribution in [0.5, 0.6) is 0 Å². The predicted molar refractivity (Wildman–Crippen MR) is 66.1 cm³/mol. The fraction of sp³-hybridized carbons (Fsp3) is 0.778. The number of sulfonamides is 1. The van der Waals surface area contributed by atoms with Crippen LogP contribution in [-0.4, -0.2) is 35.0 Å². The van der Waals surface area contributed by atoms with Crippen molar-refractivity contribution in [1.82, 2.24) is 14.5 Å². The van der Waals surface area contributed by atoms with E-state index in [4.69, 9.17) is 5.73 Å². The molecule has 0 aliphatic carbocycles. The predicted octanol–water partition coefficient (Wildman–Crippen LogP) is 1.07. The lowest BCUT2D eigenvalue weighted by molar-refractivity contribution is 0.204. The van der Waals surface area contributed by atoms with E-state index in [9.17, 15) is 8.42 Å². The summed E-state index contributed by atoms with van der Waals surface area (Å²) >= 11 is 0.918. The number of hydrogen-bond acceptors (Lipinski definition) is 6. The average molecular weight is 276 g/mol. The molecule has 8 heteroatoms. The molecule has 0 unspecified atom stereocenters. The molecule has 17 heavy (non-hydrogen) atoms. The smallest absolute Gasteiger partial charge is 0.272 e. The van der Waals surface area contributed by atoms with E-state index in [2.05, 4.69) is 10.2 Å². The summed E-state index contributed by atoms with van der Waals surface area (Å²) in [5.74, 6) is 0. The molecule has 0 aromatic carbocycles. The number of nitrogens with two attached hydrogens (primary N) is 1. The van der Waals surface area contributed by atoms with Gasteiger partial charge in [-0.3, -0.25) is 0 Å². The highest BCUT2D eigenvalue weighted by Gasteiger charge is 2.37. The van der Waals surface area contributed by atoms with Gasteiger partial charge in [-0.2, -0.15) is 4.31 Å². The van der Waals surface area contributed by atoms with Gasteiger partial charge in [0, 0.05) is 12.1 Å². The van der Waals surface area contributed by atoms with Crippen molar-refractivity contribution >= 4 is 26.5 Å². The van der Waals surface area contributed by atoms with E-state index in [-0.39, 0.29) is 21.6 Å². The van der Waals surface area contributed by atoms with Gasteiger partial charge in [-0.1, -0.05) is 17.8 Å². The van der Waals surface area contributed by atoms with Crippen molar-refractivity contribution in [2.24, 2.45) is 0 Å². The van der Waals surface area contributed by atoms with Crippen LogP contribution in [0.25, 0.3) is 0 Å². The monoisotopic (exact) mass is 276 g/mol. The first-order chi connectivity index (χ1) is 7.93. The molecule has 1 aliphatic heterocycles. The van der Waals surface area contributed by atoms with E-state index in [1.807, 2.05) is 13.8 Å². The maximum Gasteiger partial charge on any atom is 0.272 e. The second-order valence-electron chi connectivity index (χ2n) is 4.37. The van der Waals surface area contributed by atoms with Gasteiger partial charge in [0.2, 0.25) is 9.47 Å². The van der Waals surface area contributed by atoms with Crippen LogP contribution >= 0.6 is 11.3 Å². The number of rotatable bonds is 2. The number of hydrogen-bond donors (Lipinski definition) is 1. The molecule has 2 N–H and O–H groups in total. The van der Waals surface area contributed by atoms with Gasteiger partial charge in [-0.25, -0.2) is 8.42 Å². The zero-order chi connectivity index (χ0) is 12.6. The zero-order valence-corrected chi connectivity index (χ0v) is 11.5. The normalized spacial score (nSPS) is 27.2. The van der Waals surface area contributed by atoms with Crippen molar-refractivity contribution in [2.45, 2.75) is 49.5 Å². The molecule has 1 fully saturated rings. The minimum absolute atomic E-state index is 0.00407. The summed E-state index contributed by atoms with van der Waals surface area (Å²) in [6, 6.07) is 0.0164. The summed E-state index contributed by atoms with van der Waals surface area (Å²) in [4.78, 5) is 0. The molecule has 0 amide bonds. The van der Waals surface area contributed by atoms with Crippen LogP contribution in [0.3, 0.4) is 0 Å². The molecule has 2 atom stereocenters. The first-order valence-corrected chi connectivity index (χ1v) is 7.81. The number of piperidine rings is 1. The van der Waals surface area contributed by atoms with Crippen molar-refractivity contribution < 1.29 is 8.42 Å². The van der Waals surface area contributed by atoms with Crippen LogP contribution in [0.15, 0.2) is 4.34 Å². The SMILES string of the molecule is C[C@@H]1CCC[C@H](C)N1S(=O)(=O)c1nnc(N)s1. The molecule has 2 rings (SSSR count). The second-order valence-corrected chi connectivity index (χ2v) is 7.40. The summed E-state index contributed by atoms with van der Waals surface area (Å²) in [5.41, 5.74) is 5.44. The fourth-order valence-electron chi connectivity index (χ4n) is 2.29. The highest BCUT2D eigenvalue weighted by atomic mass is 32.2. The molecule has 2 heterocycles. The van der Waals surface area contributed by atoms with Crippen LogP contribution in [0.4, 0.5) is 5.13 Å². The quantitative estimate of drug-likeness (QED) is 0.872. The topological polar surface area (TPSA) is 89.2 Å². The summed E-state index contributed by atoms with van der Waals surface area (Å²) in [6.07, 6.45) is 2.84. The van der Waals surface area contributed by atoms with E-state index in [0.29, 0.717) is 0 Å². The lowest BCUT2D eigenvalue weighted by Crippen LogP contribution is -2.47. The molecule has 1 aromatic rings. The third-order valence-corrected chi connectivity index (χ3v) is 6.26. The molecule has 6 nitrogen and oxygen atoms in total. The number of nitrogens with zero attached hydrogens (tertiary/aromatic N) is 3. The first-order valence-electron chi connectivity index (χ1n) is 5.55. The molecule has 96 valence electrons. The van der Waals surface area contributed by atoms with E-state index in [0.717, 1.165) is 30.6 Å². The standard InChI is InChI=1S/C9H16N4O2S2/c1-6-4-3-5-7(2)13(6)17(14,15)9-12-11-8(10)16-9/h6-7H,3-5H2,1-2H3,(H2,10,11)/t6-,7+. The van der Waals surface area contributed by atoms with Crippen LogP contribution in [0.1, 0.15) is 33.1 Å². The Labute approximate surface area is 105 Å². The third-order valence-electron chi connectivity index (χ3n) is 3.03. The second kappa shape index (κ2) is 4.51. The van der Waals surface area contributed by atoms with E-state index < -0.39 is 10.0 Å². The van der Waals surface area contributed by atoms with Crippen molar-refractivity contribution in [2.75, 3.05) is 5.73 Å². The van der Waals surface area contributed by atoms with Crippen molar-refractivity contribution in [3.63, 3.8) is 0 Å². The summed E-state index contributed by atoms with van der Waals surface area (Å²) in [5, 5.41) is 7.40. The van der Waals surface area contributed by atoms with E-state index in [1.54, 1.807) is 0 Å². The molecule has 1 aliphatic rings.